The fourth-order valence-electron chi connectivity index (χ4n) is 5.46. The number of rotatable bonds is 13. The van der Waals surface area contributed by atoms with Crippen molar-refractivity contribution in [2.24, 2.45) is 0 Å². The highest BCUT2D eigenvalue weighted by Crippen LogP contribution is 2.17. The highest BCUT2D eigenvalue weighted by atomic mass is 16.6. The molecule has 2 rings (SSSR count). The maximum Gasteiger partial charge on any atom is 0.407 e. The van der Waals surface area contributed by atoms with Crippen molar-refractivity contribution in [3.8, 4) is 0 Å². The van der Waals surface area contributed by atoms with Gasteiger partial charge in [-0.25, -0.2) is 4.79 Å². The third-order valence-corrected chi connectivity index (χ3v) is 7.67. The first-order valence-electron chi connectivity index (χ1n) is 18.3. The van der Waals surface area contributed by atoms with E-state index < -0.39 is 28.9 Å². The zero-order valence-corrected chi connectivity index (χ0v) is 32.7. The van der Waals surface area contributed by atoms with E-state index in [0.717, 1.165) is 5.56 Å². The molecule has 13 heteroatoms. The summed E-state index contributed by atoms with van der Waals surface area (Å²) in [5, 5.41) is 6.24. The van der Waals surface area contributed by atoms with Crippen molar-refractivity contribution < 1.29 is 38.1 Å². The molecular weight excluding hydrogens is 654 g/mol. The summed E-state index contributed by atoms with van der Waals surface area (Å²) in [6.45, 7) is 22.0. The summed E-state index contributed by atoms with van der Waals surface area (Å²) in [6, 6.07) is 8.90. The fraction of sp³-hybridized carbons (Fsp3) is 0.737. The lowest BCUT2D eigenvalue weighted by Gasteiger charge is -2.36. The van der Waals surface area contributed by atoms with Gasteiger partial charge in [-0.05, 0) is 87.1 Å². The summed E-state index contributed by atoms with van der Waals surface area (Å²) in [7, 11) is 0. The van der Waals surface area contributed by atoms with Gasteiger partial charge in [-0.1, -0.05) is 30.3 Å². The van der Waals surface area contributed by atoms with Crippen LogP contribution in [0.15, 0.2) is 30.3 Å². The highest BCUT2D eigenvalue weighted by molar-refractivity contribution is 5.76. The number of alkyl carbamates (subject to hydrolysis) is 1. The number of unbranched alkanes of at least 4 members (excludes halogenated alkanes) is 1. The summed E-state index contributed by atoms with van der Waals surface area (Å²) < 4.78 is 22.5. The van der Waals surface area contributed by atoms with E-state index in [1.807, 2.05) is 102 Å². The van der Waals surface area contributed by atoms with Crippen LogP contribution < -0.4 is 10.6 Å². The van der Waals surface area contributed by atoms with E-state index in [4.69, 9.17) is 18.9 Å². The van der Waals surface area contributed by atoms with Gasteiger partial charge in [0.15, 0.2) is 0 Å². The van der Waals surface area contributed by atoms with Crippen LogP contribution in [-0.4, -0.2) is 134 Å². The fourth-order valence-corrected chi connectivity index (χ4v) is 5.46. The number of benzene rings is 1. The standard InChI is InChI=1S/C38H65N5O8/c1-36(2,3)49-32(44)27-41-21-19-39-20-22-42(28-33(45)50-37(4,5)6)24-26-43(25-23-41)31(34(46)51-38(7,8)9)17-13-14-18-40-35(47)48-29-30-15-11-10-12-16-30/h10-12,15-16,31,39H,13-14,17-29H2,1-9H3,(H,40,47). The molecule has 0 spiro atoms. The first kappa shape index (κ1) is 43.9. The lowest BCUT2D eigenvalue weighted by atomic mass is 10.1. The second-order valence-corrected chi connectivity index (χ2v) is 16.0. The molecule has 1 aromatic carbocycles. The number of amides is 1. The maximum atomic E-state index is 13.8. The Bertz CT molecular complexity index is 1170. The molecule has 0 bridgehead atoms. The Hall–Kier alpha value is -3.26. The Morgan fingerprint density at radius 1 is 0.706 bits per heavy atom. The molecule has 13 nitrogen and oxygen atoms in total. The molecule has 0 radical (unpaired) electrons. The first-order chi connectivity index (χ1) is 23.8. The van der Waals surface area contributed by atoms with Gasteiger partial charge in [-0.2, -0.15) is 0 Å². The molecule has 0 aromatic heterocycles. The van der Waals surface area contributed by atoms with Crippen LogP contribution in [0.2, 0.25) is 0 Å². The van der Waals surface area contributed by atoms with E-state index >= 15 is 0 Å². The molecule has 1 aromatic rings. The summed E-state index contributed by atoms with van der Waals surface area (Å²) in [5.41, 5.74) is -0.977. The zero-order valence-electron chi connectivity index (χ0n) is 32.7. The maximum absolute atomic E-state index is 13.8. The summed E-state index contributed by atoms with van der Waals surface area (Å²) in [5.74, 6) is -0.935. The average Bonchev–Trinajstić information content (AvgIpc) is 2.98. The van der Waals surface area contributed by atoms with Crippen LogP contribution in [-0.2, 0) is 39.9 Å². The Kier molecular flexibility index (Phi) is 18.3. The number of carbonyl (C=O) groups excluding carboxylic acids is 4. The minimum absolute atomic E-state index is 0.126. The highest BCUT2D eigenvalue weighted by Gasteiger charge is 2.32. The minimum atomic E-state index is -0.691. The van der Waals surface area contributed by atoms with Gasteiger partial charge in [0.2, 0.25) is 0 Å². The summed E-state index contributed by atoms with van der Waals surface area (Å²) in [6.07, 6.45) is 1.28. The van der Waals surface area contributed by atoms with Gasteiger partial charge in [0.05, 0.1) is 13.1 Å². The summed E-state index contributed by atoms with van der Waals surface area (Å²) >= 11 is 0. The smallest absolute Gasteiger partial charge is 0.407 e. The van der Waals surface area contributed by atoms with Crippen LogP contribution >= 0.6 is 0 Å². The Morgan fingerprint density at radius 3 is 1.71 bits per heavy atom. The number of ether oxygens (including phenoxy) is 4. The Balaban J connectivity index is 2.19. The van der Waals surface area contributed by atoms with Crippen LogP contribution in [0, 0.1) is 0 Å². The van der Waals surface area contributed by atoms with E-state index in [1.165, 1.54) is 0 Å². The number of hydrogen-bond acceptors (Lipinski definition) is 12. The van der Waals surface area contributed by atoms with E-state index in [-0.39, 0.29) is 37.6 Å². The van der Waals surface area contributed by atoms with Crippen LogP contribution in [0.3, 0.4) is 0 Å². The Labute approximate surface area is 306 Å². The number of nitrogens with zero attached hydrogens (tertiary/aromatic N) is 3. The zero-order chi connectivity index (χ0) is 38.1. The second-order valence-electron chi connectivity index (χ2n) is 16.0. The molecule has 1 saturated heterocycles. The van der Waals surface area contributed by atoms with Crippen LogP contribution in [0.5, 0.6) is 0 Å². The predicted octanol–water partition coefficient (Wildman–Crippen LogP) is 3.99. The number of nitrogens with one attached hydrogen (secondary N) is 2. The molecule has 1 unspecified atom stereocenters. The molecular formula is C38H65N5O8. The van der Waals surface area contributed by atoms with Gasteiger partial charge in [0, 0.05) is 58.9 Å². The molecule has 51 heavy (non-hydrogen) atoms. The van der Waals surface area contributed by atoms with Crippen molar-refractivity contribution in [3.63, 3.8) is 0 Å². The molecule has 0 saturated carbocycles. The molecule has 1 fully saturated rings. The number of carbonyl (C=O) groups is 4. The lowest BCUT2D eigenvalue weighted by Crippen LogP contribution is -2.52. The number of hydrogen-bond donors (Lipinski definition) is 2. The molecule has 1 heterocycles. The van der Waals surface area contributed by atoms with Crippen LogP contribution in [0.4, 0.5) is 4.79 Å². The predicted molar refractivity (Wildman–Crippen MR) is 197 cm³/mol. The van der Waals surface area contributed by atoms with E-state index in [1.54, 1.807) is 0 Å². The van der Waals surface area contributed by atoms with Gasteiger partial charge in [0.25, 0.3) is 0 Å². The molecule has 0 aliphatic carbocycles. The molecule has 1 aliphatic rings. The van der Waals surface area contributed by atoms with Crippen molar-refractivity contribution >= 4 is 24.0 Å². The van der Waals surface area contributed by atoms with Gasteiger partial charge >= 0.3 is 24.0 Å². The van der Waals surface area contributed by atoms with Crippen LogP contribution in [0.25, 0.3) is 0 Å². The largest absolute Gasteiger partial charge is 0.459 e. The van der Waals surface area contributed by atoms with Gasteiger partial charge in [0.1, 0.15) is 29.5 Å². The third kappa shape index (κ3) is 21.0. The molecule has 1 amide bonds. The average molecular weight is 720 g/mol. The van der Waals surface area contributed by atoms with Crippen molar-refractivity contribution in [1.82, 2.24) is 25.3 Å². The SMILES string of the molecule is CC(C)(C)OC(=O)CN1CCNCCN(CC(=O)OC(C)(C)C)CCN(C(CCCCNC(=O)OCc2ccccc2)C(=O)OC(C)(C)C)CC1. The monoisotopic (exact) mass is 719 g/mol. The molecule has 2 N–H and O–H groups in total. The first-order valence-corrected chi connectivity index (χ1v) is 18.3. The molecule has 1 atom stereocenters. The van der Waals surface area contributed by atoms with Crippen molar-refractivity contribution in [1.29, 1.82) is 0 Å². The minimum Gasteiger partial charge on any atom is -0.459 e. The second kappa shape index (κ2) is 21.3. The van der Waals surface area contributed by atoms with E-state index in [0.29, 0.717) is 78.2 Å². The number of esters is 3. The van der Waals surface area contributed by atoms with E-state index in [2.05, 4.69) is 15.5 Å². The molecule has 290 valence electrons. The van der Waals surface area contributed by atoms with Crippen molar-refractivity contribution in [2.45, 2.75) is 111 Å². The van der Waals surface area contributed by atoms with Crippen molar-refractivity contribution in [3.05, 3.63) is 35.9 Å². The quantitative estimate of drug-likeness (QED) is 0.173. The summed E-state index contributed by atoms with van der Waals surface area (Å²) in [4.78, 5) is 58.0. The normalized spacial score (nSPS) is 17.0. The van der Waals surface area contributed by atoms with Gasteiger partial charge in [-0.15, -0.1) is 0 Å². The molecule has 1 aliphatic heterocycles. The van der Waals surface area contributed by atoms with Gasteiger partial charge < -0.3 is 29.6 Å². The topological polar surface area (TPSA) is 139 Å². The van der Waals surface area contributed by atoms with Crippen LogP contribution in [0.1, 0.15) is 87.1 Å². The van der Waals surface area contributed by atoms with Gasteiger partial charge in [-0.3, -0.25) is 29.1 Å². The Morgan fingerprint density at radius 2 is 1.22 bits per heavy atom. The lowest BCUT2D eigenvalue weighted by molar-refractivity contribution is -0.163. The van der Waals surface area contributed by atoms with Crippen molar-refractivity contribution in [2.75, 3.05) is 72.0 Å². The van der Waals surface area contributed by atoms with E-state index in [9.17, 15) is 19.2 Å². The third-order valence-electron chi connectivity index (χ3n) is 7.67.